The number of rotatable bonds is 3. The van der Waals surface area contributed by atoms with Gasteiger partial charge in [-0.3, -0.25) is 4.79 Å². The SMILES string of the molecule is CN1CCN(C(=O)CCC2NCCc3ccccc32)CC1. The van der Waals surface area contributed by atoms with Gasteiger partial charge in [-0.15, -0.1) is 0 Å². The molecular formula is C17H25N3O. The van der Waals surface area contributed by atoms with Crippen molar-refractivity contribution in [1.82, 2.24) is 15.1 Å². The fourth-order valence-electron chi connectivity index (χ4n) is 3.33. The van der Waals surface area contributed by atoms with Crippen molar-refractivity contribution in [3.8, 4) is 0 Å². The molecule has 0 radical (unpaired) electrons. The third-order valence-electron chi connectivity index (χ3n) is 4.72. The first kappa shape index (κ1) is 14.5. The number of hydrogen-bond donors (Lipinski definition) is 1. The molecule has 1 N–H and O–H groups in total. The molecule has 1 aromatic rings. The van der Waals surface area contributed by atoms with E-state index in [1.54, 1.807) is 0 Å². The average Bonchev–Trinajstić information content (AvgIpc) is 2.53. The van der Waals surface area contributed by atoms with Gasteiger partial charge in [0.15, 0.2) is 0 Å². The number of likely N-dealkylation sites (N-methyl/N-ethyl adjacent to an activating group) is 1. The van der Waals surface area contributed by atoms with Gasteiger partial charge in [-0.05, 0) is 37.6 Å². The molecule has 21 heavy (non-hydrogen) atoms. The van der Waals surface area contributed by atoms with Gasteiger partial charge in [-0.25, -0.2) is 0 Å². The van der Waals surface area contributed by atoms with Crippen LogP contribution in [0.1, 0.15) is 30.0 Å². The third kappa shape index (κ3) is 3.44. The predicted molar refractivity (Wildman–Crippen MR) is 84.2 cm³/mol. The van der Waals surface area contributed by atoms with Gasteiger partial charge in [0.25, 0.3) is 0 Å². The number of amides is 1. The van der Waals surface area contributed by atoms with Crippen molar-refractivity contribution in [1.29, 1.82) is 0 Å². The molecular weight excluding hydrogens is 262 g/mol. The van der Waals surface area contributed by atoms with Gasteiger partial charge >= 0.3 is 0 Å². The van der Waals surface area contributed by atoms with E-state index in [9.17, 15) is 4.79 Å². The maximum absolute atomic E-state index is 12.3. The molecule has 1 aromatic carbocycles. The van der Waals surface area contributed by atoms with E-state index in [2.05, 4.69) is 41.5 Å². The van der Waals surface area contributed by atoms with E-state index in [1.807, 2.05) is 4.90 Å². The Morgan fingerprint density at radius 3 is 2.81 bits per heavy atom. The number of carbonyl (C=O) groups is 1. The Morgan fingerprint density at radius 2 is 2.00 bits per heavy atom. The number of nitrogens with zero attached hydrogens (tertiary/aromatic N) is 2. The maximum atomic E-state index is 12.3. The van der Waals surface area contributed by atoms with Crippen LogP contribution >= 0.6 is 0 Å². The zero-order chi connectivity index (χ0) is 14.7. The lowest BCUT2D eigenvalue weighted by Gasteiger charge is -2.33. The zero-order valence-electron chi connectivity index (χ0n) is 12.8. The second-order valence-electron chi connectivity index (χ2n) is 6.18. The van der Waals surface area contributed by atoms with Crippen LogP contribution in [0.3, 0.4) is 0 Å². The standard InChI is InChI=1S/C17H25N3O/c1-19-10-12-20(13-11-19)17(21)7-6-16-15-5-3-2-4-14(15)8-9-18-16/h2-5,16,18H,6-13H2,1H3. The minimum absolute atomic E-state index is 0.313. The molecule has 2 aliphatic rings. The highest BCUT2D eigenvalue weighted by Crippen LogP contribution is 2.26. The summed E-state index contributed by atoms with van der Waals surface area (Å²) < 4.78 is 0. The van der Waals surface area contributed by atoms with Gasteiger partial charge in [0.1, 0.15) is 0 Å². The number of piperazine rings is 1. The maximum Gasteiger partial charge on any atom is 0.222 e. The Hall–Kier alpha value is -1.39. The molecule has 114 valence electrons. The third-order valence-corrected chi connectivity index (χ3v) is 4.72. The molecule has 2 heterocycles. The Balaban J connectivity index is 1.55. The van der Waals surface area contributed by atoms with E-state index in [0.29, 0.717) is 18.4 Å². The largest absolute Gasteiger partial charge is 0.340 e. The van der Waals surface area contributed by atoms with E-state index in [4.69, 9.17) is 0 Å². The van der Waals surface area contributed by atoms with Crippen molar-refractivity contribution < 1.29 is 4.79 Å². The summed E-state index contributed by atoms with van der Waals surface area (Å²) in [6.45, 7) is 4.77. The van der Waals surface area contributed by atoms with Crippen LogP contribution in [0.15, 0.2) is 24.3 Å². The van der Waals surface area contributed by atoms with E-state index in [-0.39, 0.29) is 0 Å². The zero-order valence-corrected chi connectivity index (χ0v) is 12.8. The van der Waals surface area contributed by atoms with Crippen molar-refractivity contribution in [3.63, 3.8) is 0 Å². The van der Waals surface area contributed by atoms with Gasteiger partial charge < -0.3 is 15.1 Å². The summed E-state index contributed by atoms with van der Waals surface area (Å²) in [5, 5.41) is 3.56. The van der Waals surface area contributed by atoms with E-state index in [1.165, 1.54) is 11.1 Å². The van der Waals surface area contributed by atoms with E-state index >= 15 is 0 Å². The topological polar surface area (TPSA) is 35.6 Å². The Labute approximate surface area is 127 Å². The second-order valence-corrected chi connectivity index (χ2v) is 6.18. The fourth-order valence-corrected chi connectivity index (χ4v) is 3.33. The van der Waals surface area contributed by atoms with Crippen molar-refractivity contribution in [2.75, 3.05) is 39.8 Å². The minimum Gasteiger partial charge on any atom is -0.340 e. The van der Waals surface area contributed by atoms with Gasteiger partial charge in [0, 0.05) is 38.6 Å². The molecule has 0 aliphatic carbocycles. The van der Waals surface area contributed by atoms with Crippen molar-refractivity contribution in [3.05, 3.63) is 35.4 Å². The molecule has 0 bridgehead atoms. The van der Waals surface area contributed by atoms with Gasteiger partial charge in [0.05, 0.1) is 0 Å². The molecule has 4 nitrogen and oxygen atoms in total. The minimum atomic E-state index is 0.313. The molecule has 0 aromatic heterocycles. The molecule has 1 atom stereocenters. The van der Waals surface area contributed by atoms with Crippen LogP contribution in [0.5, 0.6) is 0 Å². The summed E-state index contributed by atoms with van der Waals surface area (Å²) in [5.41, 5.74) is 2.82. The van der Waals surface area contributed by atoms with Gasteiger partial charge in [0.2, 0.25) is 5.91 Å². The Bertz CT molecular complexity index is 495. The molecule has 1 fully saturated rings. The summed E-state index contributed by atoms with van der Waals surface area (Å²) >= 11 is 0. The molecule has 0 saturated carbocycles. The van der Waals surface area contributed by atoms with Crippen LogP contribution in [-0.2, 0) is 11.2 Å². The van der Waals surface area contributed by atoms with Crippen molar-refractivity contribution in [2.24, 2.45) is 0 Å². The molecule has 3 rings (SSSR count). The lowest BCUT2D eigenvalue weighted by Crippen LogP contribution is -2.47. The molecule has 1 amide bonds. The number of carbonyl (C=O) groups excluding carboxylic acids is 1. The normalized spacial score (nSPS) is 22.9. The second kappa shape index (κ2) is 6.58. The number of hydrogen-bond acceptors (Lipinski definition) is 3. The number of benzene rings is 1. The van der Waals surface area contributed by atoms with E-state index < -0.39 is 0 Å². The quantitative estimate of drug-likeness (QED) is 0.913. The summed E-state index contributed by atoms with van der Waals surface area (Å²) in [5.74, 6) is 0.313. The monoisotopic (exact) mass is 287 g/mol. The molecule has 4 heteroatoms. The number of nitrogens with one attached hydrogen (secondary N) is 1. The molecule has 2 aliphatic heterocycles. The smallest absolute Gasteiger partial charge is 0.222 e. The summed E-state index contributed by atoms with van der Waals surface area (Å²) in [6.07, 6.45) is 2.65. The highest BCUT2D eigenvalue weighted by molar-refractivity contribution is 5.76. The van der Waals surface area contributed by atoms with Gasteiger partial charge in [-0.2, -0.15) is 0 Å². The Kier molecular flexibility index (Phi) is 4.56. The van der Waals surface area contributed by atoms with Crippen LogP contribution < -0.4 is 5.32 Å². The first-order chi connectivity index (χ1) is 10.2. The van der Waals surface area contributed by atoms with Crippen LogP contribution in [0.4, 0.5) is 0 Å². The van der Waals surface area contributed by atoms with Crippen LogP contribution in [0.2, 0.25) is 0 Å². The summed E-state index contributed by atoms with van der Waals surface area (Å²) in [6, 6.07) is 8.96. The molecule has 1 saturated heterocycles. The lowest BCUT2D eigenvalue weighted by atomic mass is 9.91. The lowest BCUT2D eigenvalue weighted by molar-refractivity contribution is -0.133. The van der Waals surface area contributed by atoms with Crippen molar-refractivity contribution >= 4 is 5.91 Å². The van der Waals surface area contributed by atoms with Crippen LogP contribution in [0.25, 0.3) is 0 Å². The first-order valence-electron chi connectivity index (χ1n) is 8.01. The Morgan fingerprint density at radius 1 is 1.24 bits per heavy atom. The number of fused-ring (bicyclic) bond motifs is 1. The summed E-state index contributed by atoms with van der Waals surface area (Å²) in [7, 11) is 2.12. The first-order valence-corrected chi connectivity index (χ1v) is 8.01. The average molecular weight is 287 g/mol. The molecule has 0 spiro atoms. The fraction of sp³-hybridized carbons (Fsp3) is 0.588. The molecule has 1 unspecified atom stereocenters. The van der Waals surface area contributed by atoms with Crippen molar-refractivity contribution in [2.45, 2.75) is 25.3 Å². The summed E-state index contributed by atoms with van der Waals surface area (Å²) in [4.78, 5) is 16.6. The van der Waals surface area contributed by atoms with Gasteiger partial charge in [-0.1, -0.05) is 24.3 Å². The highest BCUT2D eigenvalue weighted by Gasteiger charge is 2.23. The van der Waals surface area contributed by atoms with Crippen LogP contribution in [0, 0.1) is 0 Å². The van der Waals surface area contributed by atoms with Crippen LogP contribution in [-0.4, -0.2) is 55.5 Å². The highest BCUT2D eigenvalue weighted by atomic mass is 16.2. The van der Waals surface area contributed by atoms with E-state index in [0.717, 1.165) is 45.6 Å². The predicted octanol–water partition coefficient (Wildman–Crippen LogP) is 1.43.